The second kappa shape index (κ2) is 57.4. The molecule has 388 valence electrons. The largest absolute Gasteiger partial charge is 0.462 e. The maximum absolute atomic E-state index is 12.8. The standard InChI is InChI=1S/C61H114O5/c1-4-7-10-13-16-19-22-25-27-29-30-31-33-35-38-41-44-47-50-53-56-64-57-59(66-61(63)55-52-49-46-43-40-36-24-21-18-15-12-9-6-3)58-65-60(62)54-51-48-45-42-39-37-34-32-28-26-23-20-17-14-11-8-5-2/h17,20,25-28,59H,4-16,18-19,21-24,29-58H2,1-3H3/b20-17-,27-25-,28-26-. The Morgan fingerprint density at radius 3 is 1.05 bits per heavy atom. The van der Waals surface area contributed by atoms with Gasteiger partial charge in [-0.05, 0) is 77.0 Å². The third kappa shape index (κ3) is 54.7. The summed E-state index contributed by atoms with van der Waals surface area (Å²) in [6, 6.07) is 0. The Kier molecular flexibility index (Phi) is 55.8. The van der Waals surface area contributed by atoms with Gasteiger partial charge in [-0.1, -0.05) is 263 Å². The van der Waals surface area contributed by atoms with Crippen LogP contribution in [0, 0.1) is 0 Å². The van der Waals surface area contributed by atoms with Crippen LogP contribution in [0.25, 0.3) is 0 Å². The molecule has 5 heteroatoms. The van der Waals surface area contributed by atoms with E-state index in [9.17, 15) is 9.59 Å². The van der Waals surface area contributed by atoms with Crippen molar-refractivity contribution in [2.45, 2.75) is 322 Å². The number of unbranched alkanes of at least 4 members (excludes halogenated alkanes) is 38. The van der Waals surface area contributed by atoms with E-state index in [-0.39, 0.29) is 18.5 Å². The molecule has 0 fully saturated rings. The fraction of sp³-hybridized carbons (Fsp3) is 0.869. The Morgan fingerprint density at radius 2 is 0.636 bits per heavy atom. The van der Waals surface area contributed by atoms with Crippen molar-refractivity contribution in [3.63, 3.8) is 0 Å². The highest BCUT2D eigenvalue weighted by Gasteiger charge is 2.17. The van der Waals surface area contributed by atoms with E-state index in [0.29, 0.717) is 26.1 Å². The van der Waals surface area contributed by atoms with Gasteiger partial charge >= 0.3 is 11.9 Å². The van der Waals surface area contributed by atoms with Crippen molar-refractivity contribution in [1.82, 2.24) is 0 Å². The Balaban J connectivity index is 4.21. The Hall–Kier alpha value is -1.88. The Labute approximate surface area is 412 Å². The number of esters is 2. The van der Waals surface area contributed by atoms with E-state index in [1.165, 1.54) is 231 Å². The number of carbonyl (C=O) groups is 2. The van der Waals surface area contributed by atoms with Gasteiger partial charge in [0, 0.05) is 19.4 Å². The van der Waals surface area contributed by atoms with Gasteiger partial charge in [0.1, 0.15) is 6.61 Å². The maximum atomic E-state index is 12.8. The summed E-state index contributed by atoms with van der Waals surface area (Å²) in [5, 5.41) is 0. The summed E-state index contributed by atoms with van der Waals surface area (Å²) in [6.45, 7) is 7.85. The van der Waals surface area contributed by atoms with Gasteiger partial charge in [-0.15, -0.1) is 0 Å². The van der Waals surface area contributed by atoms with E-state index in [4.69, 9.17) is 14.2 Å². The zero-order valence-corrected chi connectivity index (χ0v) is 44.7. The number of rotatable bonds is 55. The van der Waals surface area contributed by atoms with Gasteiger partial charge in [0.2, 0.25) is 0 Å². The summed E-state index contributed by atoms with van der Waals surface area (Å²) < 4.78 is 17.5. The number of allylic oxidation sites excluding steroid dienone is 6. The van der Waals surface area contributed by atoms with Crippen LogP contribution >= 0.6 is 0 Å². The molecule has 0 spiro atoms. The predicted octanol–water partition coefficient (Wildman–Crippen LogP) is 20.1. The molecule has 0 aromatic rings. The average Bonchev–Trinajstić information content (AvgIpc) is 3.32. The molecule has 0 rings (SSSR count). The second-order valence-corrected chi connectivity index (χ2v) is 19.9. The van der Waals surface area contributed by atoms with Gasteiger partial charge in [0.05, 0.1) is 6.61 Å². The van der Waals surface area contributed by atoms with E-state index in [2.05, 4.69) is 57.2 Å². The van der Waals surface area contributed by atoms with Crippen LogP contribution in [0.1, 0.15) is 316 Å². The van der Waals surface area contributed by atoms with Gasteiger partial charge in [0.15, 0.2) is 6.10 Å². The van der Waals surface area contributed by atoms with Crippen LogP contribution < -0.4 is 0 Å². The van der Waals surface area contributed by atoms with E-state index in [0.717, 1.165) is 51.4 Å². The lowest BCUT2D eigenvalue weighted by Crippen LogP contribution is -2.30. The topological polar surface area (TPSA) is 61.8 Å². The molecule has 5 nitrogen and oxygen atoms in total. The third-order valence-electron chi connectivity index (χ3n) is 13.1. The van der Waals surface area contributed by atoms with Crippen LogP contribution in [0.5, 0.6) is 0 Å². The van der Waals surface area contributed by atoms with Gasteiger partial charge < -0.3 is 14.2 Å². The molecule has 1 unspecified atom stereocenters. The first-order valence-corrected chi connectivity index (χ1v) is 29.5. The molecule has 0 amide bonds. The van der Waals surface area contributed by atoms with Gasteiger partial charge in [-0.2, -0.15) is 0 Å². The van der Waals surface area contributed by atoms with Gasteiger partial charge in [0.25, 0.3) is 0 Å². The van der Waals surface area contributed by atoms with E-state index in [1.807, 2.05) is 0 Å². The zero-order valence-electron chi connectivity index (χ0n) is 44.7. The minimum Gasteiger partial charge on any atom is -0.462 e. The molecule has 0 saturated heterocycles. The van der Waals surface area contributed by atoms with Crippen molar-refractivity contribution in [1.29, 1.82) is 0 Å². The predicted molar refractivity (Wildman–Crippen MR) is 288 cm³/mol. The Morgan fingerprint density at radius 1 is 0.333 bits per heavy atom. The van der Waals surface area contributed by atoms with Crippen molar-refractivity contribution in [2.24, 2.45) is 0 Å². The molecular weight excluding hydrogens is 813 g/mol. The number of hydrogen-bond donors (Lipinski definition) is 0. The fourth-order valence-corrected chi connectivity index (χ4v) is 8.71. The van der Waals surface area contributed by atoms with Crippen molar-refractivity contribution in [3.05, 3.63) is 36.5 Å². The summed E-state index contributed by atoms with van der Waals surface area (Å²) in [5.41, 5.74) is 0. The summed E-state index contributed by atoms with van der Waals surface area (Å²) in [6.07, 6.45) is 70.2. The molecule has 0 heterocycles. The molecule has 0 aromatic heterocycles. The molecule has 0 aliphatic heterocycles. The summed E-state index contributed by atoms with van der Waals surface area (Å²) >= 11 is 0. The molecule has 1 atom stereocenters. The molecule has 0 saturated carbocycles. The molecule has 0 aromatic carbocycles. The van der Waals surface area contributed by atoms with Crippen LogP contribution in [0.2, 0.25) is 0 Å². The van der Waals surface area contributed by atoms with Crippen LogP contribution in [-0.2, 0) is 23.8 Å². The normalized spacial score (nSPS) is 12.3. The summed E-state index contributed by atoms with van der Waals surface area (Å²) in [4.78, 5) is 25.5. The average molecular weight is 928 g/mol. The van der Waals surface area contributed by atoms with Crippen LogP contribution in [0.4, 0.5) is 0 Å². The number of carbonyl (C=O) groups excluding carboxylic acids is 2. The van der Waals surface area contributed by atoms with E-state index < -0.39 is 6.10 Å². The molecular formula is C61H114O5. The quantitative estimate of drug-likeness (QED) is 0.0345. The van der Waals surface area contributed by atoms with Crippen molar-refractivity contribution < 1.29 is 23.8 Å². The molecule has 66 heavy (non-hydrogen) atoms. The lowest BCUT2D eigenvalue weighted by Gasteiger charge is -2.18. The number of ether oxygens (including phenoxy) is 3. The summed E-state index contributed by atoms with van der Waals surface area (Å²) in [5.74, 6) is -0.388. The molecule has 0 N–H and O–H groups in total. The smallest absolute Gasteiger partial charge is 0.306 e. The van der Waals surface area contributed by atoms with Crippen LogP contribution in [0.3, 0.4) is 0 Å². The molecule has 0 aliphatic rings. The van der Waals surface area contributed by atoms with Crippen LogP contribution in [0.15, 0.2) is 36.5 Å². The van der Waals surface area contributed by atoms with E-state index in [1.54, 1.807) is 0 Å². The van der Waals surface area contributed by atoms with Crippen molar-refractivity contribution >= 4 is 11.9 Å². The van der Waals surface area contributed by atoms with Crippen molar-refractivity contribution in [3.8, 4) is 0 Å². The van der Waals surface area contributed by atoms with Gasteiger partial charge in [-0.25, -0.2) is 0 Å². The van der Waals surface area contributed by atoms with Gasteiger partial charge in [-0.3, -0.25) is 9.59 Å². The van der Waals surface area contributed by atoms with Crippen molar-refractivity contribution in [2.75, 3.05) is 19.8 Å². The molecule has 0 bridgehead atoms. The third-order valence-corrected chi connectivity index (χ3v) is 13.1. The highest BCUT2D eigenvalue weighted by atomic mass is 16.6. The maximum Gasteiger partial charge on any atom is 0.306 e. The van der Waals surface area contributed by atoms with Crippen LogP contribution in [-0.4, -0.2) is 37.9 Å². The minimum atomic E-state index is -0.536. The molecule has 0 aliphatic carbocycles. The second-order valence-electron chi connectivity index (χ2n) is 19.9. The summed E-state index contributed by atoms with van der Waals surface area (Å²) in [7, 11) is 0. The first-order chi connectivity index (χ1) is 32.6. The SMILES string of the molecule is CCCCC/C=C\C/C=C\CCCCCCCCCC(=O)OCC(COCCCCCCCCCCCC/C=C\CCCCCCCC)OC(=O)CCCCCCCCCCCCCCC. The van der Waals surface area contributed by atoms with E-state index >= 15 is 0 Å². The fourth-order valence-electron chi connectivity index (χ4n) is 8.71. The lowest BCUT2D eigenvalue weighted by atomic mass is 10.0. The lowest BCUT2D eigenvalue weighted by molar-refractivity contribution is -0.163. The zero-order chi connectivity index (χ0) is 47.7. The Bertz CT molecular complexity index is 1050. The monoisotopic (exact) mass is 927 g/mol. The minimum absolute atomic E-state index is 0.0861. The number of hydrogen-bond acceptors (Lipinski definition) is 5. The first-order valence-electron chi connectivity index (χ1n) is 29.5. The highest BCUT2D eigenvalue weighted by molar-refractivity contribution is 5.70. The molecule has 0 radical (unpaired) electrons. The highest BCUT2D eigenvalue weighted by Crippen LogP contribution is 2.16. The first kappa shape index (κ1) is 64.1.